The number of hydrogen-bond donors (Lipinski definition) is 1. The first-order valence-corrected chi connectivity index (χ1v) is 5.17. The van der Waals surface area contributed by atoms with Gasteiger partial charge in [0, 0.05) is 0 Å². The number of ether oxygens (including phenoxy) is 1. The van der Waals surface area contributed by atoms with Crippen LogP contribution in [0, 0.1) is 0 Å². The zero-order valence-corrected chi connectivity index (χ0v) is 14.1. The van der Waals surface area contributed by atoms with Crippen LogP contribution in [0.25, 0.3) is 11.0 Å². The summed E-state index contributed by atoms with van der Waals surface area (Å²) < 4.78 is 28.2. The van der Waals surface area contributed by atoms with Gasteiger partial charge in [0.15, 0.2) is 0 Å². The number of nitrogens with zero attached hydrogens (tertiary/aromatic N) is 1. The fraction of sp³-hybridized carbons (Fsp3) is 0.200. The summed E-state index contributed by atoms with van der Waals surface area (Å²) in [6.45, 7) is -2.89. The summed E-state index contributed by atoms with van der Waals surface area (Å²) in [6.07, 6.45) is 0. The molecule has 0 heterocycles. The van der Waals surface area contributed by atoms with E-state index in [-0.39, 0.29) is 62.2 Å². The van der Waals surface area contributed by atoms with Gasteiger partial charge in [-0.05, 0) is 23.1 Å². The Kier molecular flexibility index (Phi) is 9.10. The normalized spacial score (nSPS) is 11.1. The van der Waals surface area contributed by atoms with Gasteiger partial charge in [-0.3, -0.25) is 0 Å². The molecule has 2 nitrogen and oxygen atoms in total. The summed E-state index contributed by atoms with van der Waals surface area (Å²) in [5.74, 6) is -0.0602. The Bertz CT molecular complexity index is 404. The molecular formula is C10H9ClF2KNOS. The minimum Gasteiger partial charge on any atom is -0.686 e. The van der Waals surface area contributed by atoms with Crippen molar-refractivity contribution in [3.63, 3.8) is 0 Å². The maximum Gasteiger partial charge on any atom is 1.00 e. The molecule has 0 aromatic heterocycles. The molecule has 0 unspecified atom stereocenters. The van der Waals surface area contributed by atoms with Crippen molar-refractivity contribution in [2.24, 2.45) is 0 Å². The zero-order valence-electron chi connectivity index (χ0n) is 9.32. The largest absolute Gasteiger partial charge is 1.00 e. The molecule has 1 rings (SSSR count). The van der Waals surface area contributed by atoms with Crippen molar-refractivity contribution in [1.82, 2.24) is 0 Å². The number of benzene rings is 1. The quantitative estimate of drug-likeness (QED) is 0.655. The van der Waals surface area contributed by atoms with Gasteiger partial charge in [0.2, 0.25) is 0 Å². The first kappa shape index (κ1) is 17.7. The molecule has 0 N–H and O–H groups in total. The van der Waals surface area contributed by atoms with Gasteiger partial charge in [-0.15, -0.1) is 12.7 Å². The smallest absolute Gasteiger partial charge is 0.686 e. The van der Waals surface area contributed by atoms with E-state index in [0.29, 0.717) is 11.3 Å². The second-order valence-electron chi connectivity index (χ2n) is 2.76. The van der Waals surface area contributed by atoms with Gasteiger partial charge in [0.25, 0.3) is 0 Å². The van der Waals surface area contributed by atoms with E-state index in [4.69, 9.17) is 11.6 Å². The number of rotatable bonds is 4. The number of alkyl halides is 2. The van der Waals surface area contributed by atoms with E-state index in [1.807, 2.05) is 0 Å². The van der Waals surface area contributed by atoms with E-state index in [0.717, 1.165) is 0 Å². The molecule has 7 heteroatoms. The molecule has 0 aliphatic heterocycles. The fourth-order valence-electron chi connectivity index (χ4n) is 1.11. The molecule has 0 fully saturated rings. The Balaban J connectivity index is 0.00000256. The van der Waals surface area contributed by atoms with Gasteiger partial charge in [0.1, 0.15) is 5.75 Å². The monoisotopic (exact) mass is 303 g/mol. The van der Waals surface area contributed by atoms with Crippen molar-refractivity contribution in [3.8, 4) is 5.75 Å². The van der Waals surface area contributed by atoms with Crippen molar-refractivity contribution in [3.05, 3.63) is 39.5 Å². The fourth-order valence-corrected chi connectivity index (χ4v) is 1.60. The van der Waals surface area contributed by atoms with E-state index >= 15 is 0 Å². The minimum absolute atomic E-state index is 0. The minimum atomic E-state index is -2.89. The second-order valence-corrected chi connectivity index (χ2v) is 3.43. The molecule has 0 atom stereocenters. The van der Waals surface area contributed by atoms with Crippen LogP contribution in [0.1, 0.15) is 5.56 Å². The molecule has 0 spiro atoms. The van der Waals surface area contributed by atoms with Crippen LogP contribution in [0.15, 0.2) is 23.6 Å². The number of halogens is 3. The summed E-state index contributed by atoms with van der Waals surface area (Å²) >= 11 is 9.75. The van der Waals surface area contributed by atoms with Crippen LogP contribution in [0.4, 0.5) is 8.78 Å². The maximum absolute atomic E-state index is 12.0. The summed E-state index contributed by atoms with van der Waals surface area (Å²) in [5.41, 5.74) is 1.29. The van der Waals surface area contributed by atoms with Crippen molar-refractivity contribution >= 4 is 29.9 Å². The first-order valence-electron chi connectivity index (χ1n) is 4.27. The van der Waals surface area contributed by atoms with E-state index in [2.05, 4.69) is 22.7 Å². The van der Waals surface area contributed by atoms with Crippen LogP contribution in [0.5, 0.6) is 5.75 Å². The molecule has 0 saturated carbocycles. The second kappa shape index (κ2) is 8.74. The standard InChI is InChI=1S/C10H9ClF2NOS.K/c1-14-8(5-16)6-2-3-9(7(11)4-6)15-10(12)13;/h2-5,10,16H,1H3;/q-1;+1/b8-5-;. The van der Waals surface area contributed by atoms with E-state index in [1.165, 1.54) is 17.5 Å². The third-order valence-corrected chi connectivity index (χ3v) is 2.35. The Morgan fingerprint density at radius 2 is 2.18 bits per heavy atom. The SMILES string of the molecule is C[N-]/C(=C\S)c1ccc(OC(F)F)c(Cl)c1.[K+]. The van der Waals surface area contributed by atoms with E-state index in [9.17, 15) is 8.78 Å². The van der Waals surface area contributed by atoms with Crippen LogP contribution in [-0.2, 0) is 0 Å². The molecule has 1 aromatic carbocycles. The molecule has 0 amide bonds. The Labute approximate surface area is 152 Å². The molecule has 0 bridgehead atoms. The molecule has 0 saturated heterocycles. The van der Waals surface area contributed by atoms with Gasteiger partial charge in [0.05, 0.1) is 5.02 Å². The van der Waals surface area contributed by atoms with Gasteiger partial charge < -0.3 is 10.1 Å². The summed E-state index contributed by atoms with van der Waals surface area (Å²) in [4.78, 5) is 0. The molecular weight excluding hydrogens is 295 g/mol. The number of thiol groups is 1. The van der Waals surface area contributed by atoms with Gasteiger partial charge in [-0.2, -0.15) is 21.4 Å². The topological polar surface area (TPSA) is 23.3 Å². The zero-order chi connectivity index (χ0) is 12.1. The summed E-state index contributed by atoms with van der Waals surface area (Å²) in [6, 6.07) is 4.44. The van der Waals surface area contributed by atoms with Crippen molar-refractivity contribution in [2.75, 3.05) is 7.05 Å². The van der Waals surface area contributed by atoms with Crippen LogP contribution in [0.3, 0.4) is 0 Å². The molecule has 0 radical (unpaired) electrons. The predicted octanol–water partition coefficient (Wildman–Crippen LogP) is 1.18. The van der Waals surface area contributed by atoms with Crippen LogP contribution >= 0.6 is 24.2 Å². The molecule has 1 aromatic rings. The average molecular weight is 304 g/mol. The molecule has 0 aliphatic rings. The van der Waals surface area contributed by atoms with Crippen LogP contribution in [0.2, 0.25) is 5.02 Å². The van der Waals surface area contributed by atoms with Crippen molar-refractivity contribution < 1.29 is 64.9 Å². The molecule has 0 aliphatic carbocycles. The van der Waals surface area contributed by atoms with Gasteiger partial charge in [-0.25, -0.2) is 0 Å². The summed E-state index contributed by atoms with van der Waals surface area (Å²) in [5, 5.41) is 5.55. The Hall–Kier alpha value is 0.696. The summed E-state index contributed by atoms with van der Waals surface area (Å²) in [7, 11) is 1.60. The van der Waals surface area contributed by atoms with Gasteiger partial charge >= 0.3 is 58.0 Å². The predicted molar refractivity (Wildman–Crippen MR) is 64.3 cm³/mol. The number of hydrogen-bond acceptors (Lipinski definition) is 2. The molecule has 88 valence electrons. The van der Waals surface area contributed by atoms with E-state index < -0.39 is 6.61 Å². The Morgan fingerprint density at radius 1 is 1.53 bits per heavy atom. The van der Waals surface area contributed by atoms with Crippen LogP contribution in [-0.4, -0.2) is 13.7 Å². The first-order chi connectivity index (χ1) is 7.58. The maximum atomic E-state index is 12.0. The van der Waals surface area contributed by atoms with Crippen molar-refractivity contribution in [2.45, 2.75) is 6.61 Å². The van der Waals surface area contributed by atoms with Crippen molar-refractivity contribution in [1.29, 1.82) is 0 Å². The van der Waals surface area contributed by atoms with Gasteiger partial charge in [-0.1, -0.05) is 17.7 Å². The van der Waals surface area contributed by atoms with Crippen LogP contribution < -0.4 is 56.1 Å². The third kappa shape index (κ3) is 5.46. The average Bonchev–Trinajstić information content (AvgIpc) is 2.23. The molecule has 17 heavy (non-hydrogen) atoms. The Morgan fingerprint density at radius 3 is 2.59 bits per heavy atom. The third-order valence-electron chi connectivity index (χ3n) is 1.81. The van der Waals surface area contributed by atoms with E-state index in [1.54, 1.807) is 13.1 Å².